The molecular weight excluding hydrogens is 196 g/mol. The highest BCUT2D eigenvalue weighted by atomic mass is 35.5. The summed E-state index contributed by atoms with van der Waals surface area (Å²) in [6, 6.07) is 7.29. The summed E-state index contributed by atoms with van der Waals surface area (Å²) in [5.41, 5.74) is 0.682. The van der Waals surface area contributed by atoms with Crippen LogP contribution in [0.15, 0.2) is 24.3 Å². The Morgan fingerprint density at radius 3 is 2.64 bits per heavy atom. The first kappa shape index (κ1) is 9.72. The fraction of sp³-hybridized carbons (Fsp3) is 0.417. The van der Waals surface area contributed by atoms with E-state index in [1.54, 1.807) is 6.07 Å². The van der Waals surface area contributed by atoms with Gasteiger partial charge in [-0.3, -0.25) is 4.79 Å². The largest absolute Gasteiger partial charge is 0.294 e. The molecular formula is C12H13ClO. The van der Waals surface area contributed by atoms with E-state index in [2.05, 4.69) is 0 Å². The van der Waals surface area contributed by atoms with Crippen molar-refractivity contribution in [2.24, 2.45) is 5.92 Å². The number of carbonyl (C=O) groups excluding carboxylic acids is 1. The molecule has 0 bridgehead atoms. The summed E-state index contributed by atoms with van der Waals surface area (Å²) in [6.07, 6.45) is 4.36. The molecule has 0 radical (unpaired) electrons. The molecule has 0 aliphatic heterocycles. The van der Waals surface area contributed by atoms with E-state index < -0.39 is 0 Å². The van der Waals surface area contributed by atoms with Gasteiger partial charge in [-0.25, -0.2) is 0 Å². The van der Waals surface area contributed by atoms with Crippen LogP contribution in [0.3, 0.4) is 0 Å². The number of rotatable bonds is 3. The minimum Gasteiger partial charge on any atom is -0.294 e. The summed E-state index contributed by atoms with van der Waals surface area (Å²) in [5.74, 6) is 0.805. The molecule has 1 aliphatic rings. The monoisotopic (exact) mass is 208 g/mol. The number of Topliss-reactive ketones (excluding diaryl/α,β-unsaturated/α-hetero) is 1. The molecule has 0 amide bonds. The molecule has 1 fully saturated rings. The van der Waals surface area contributed by atoms with Crippen molar-refractivity contribution in [1.82, 2.24) is 0 Å². The van der Waals surface area contributed by atoms with Crippen molar-refractivity contribution in [3.63, 3.8) is 0 Å². The predicted molar refractivity (Wildman–Crippen MR) is 57.7 cm³/mol. The molecule has 0 saturated heterocycles. The fourth-order valence-electron chi connectivity index (χ4n) is 1.76. The van der Waals surface area contributed by atoms with Gasteiger partial charge < -0.3 is 0 Å². The minimum atomic E-state index is 0.195. The van der Waals surface area contributed by atoms with E-state index >= 15 is 0 Å². The van der Waals surface area contributed by atoms with Crippen molar-refractivity contribution < 1.29 is 4.79 Å². The summed E-state index contributed by atoms with van der Waals surface area (Å²) >= 11 is 5.94. The molecule has 1 aromatic rings. The molecule has 14 heavy (non-hydrogen) atoms. The Morgan fingerprint density at radius 1 is 1.36 bits per heavy atom. The van der Waals surface area contributed by atoms with Gasteiger partial charge in [-0.2, -0.15) is 0 Å². The van der Waals surface area contributed by atoms with Gasteiger partial charge in [0.05, 0.1) is 5.02 Å². The van der Waals surface area contributed by atoms with Gasteiger partial charge in [0.25, 0.3) is 0 Å². The van der Waals surface area contributed by atoms with E-state index in [9.17, 15) is 4.79 Å². The van der Waals surface area contributed by atoms with Crippen molar-refractivity contribution in [2.75, 3.05) is 0 Å². The van der Waals surface area contributed by atoms with Crippen LogP contribution < -0.4 is 0 Å². The van der Waals surface area contributed by atoms with Crippen molar-refractivity contribution in [3.05, 3.63) is 34.9 Å². The van der Waals surface area contributed by atoms with Crippen LogP contribution in [0.2, 0.25) is 5.02 Å². The highest BCUT2D eigenvalue weighted by molar-refractivity contribution is 6.33. The van der Waals surface area contributed by atoms with Crippen molar-refractivity contribution >= 4 is 17.4 Å². The average Bonchev–Trinajstić information content (AvgIpc) is 2.12. The Bertz CT molecular complexity index is 342. The Labute approximate surface area is 89.1 Å². The van der Waals surface area contributed by atoms with E-state index in [4.69, 9.17) is 11.6 Å². The van der Waals surface area contributed by atoms with E-state index in [-0.39, 0.29) is 5.78 Å². The van der Waals surface area contributed by atoms with Crippen LogP contribution in [0, 0.1) is 5.92 Å². The number of carbonyl (C=O) groups is 1. The first-order valence-electron chi connectivity index (χ1n) is 5.05. The number of ketones is 1. The Morgan fingerprint density at radius 2 is 2.07 bits per heavy atom. The standard InChI is InChI=1S/C12H13ClO/c13-11-7-2-1-6-10(11)12(14)8-9-4-3-5-9/h1-2,6-7,9H,3-5,8H2. The Kier molecular flexibility index (Phi) is 2.87. The van der Waals surface area contributed by atoms with Crippen molar-refractivity contribution in [2.45, 2.75) is 25.7 Å². The van der Waals surface area contributed by atoms with Crippen molar-refractivity contribution in [1.29, 1.82) is 0 Å². The first-order chi connectivity index (χ1) is 6.77. The summed E-state index contributed by atoms with van der Waals surface area (Å²) in [5, 5.41) is 0.580. The van der Waals surface area contributed by atoms with Gasteiger partial charge in [-0.1, -0.05) is 43.0 Å². The van der Waals surface area contributed by atoms with Crippen LogP contribution in [0.25, 0.3) is 0 Å². The SMILES string of the molecule is O=C(CC1CCC1)c1ccccc1Cl. The normalized spacial score (nSPS) is 16.4. The van der Waals surface area contributed by atoms with E-state index in [1.807, 2.05) is 18.2 Å². The van der Waals surface area contributed by atoms with Crippen LogP contribution in [0.5, 0.6) is 0 Å². The summed E-state index contributed by atoms with van der Waals surface area (Å²) in [7, 11) is 0. The molecule has 0 unspecified atom stereocenters. The van der Waals surface area contributed by atoms with Gasteiger partial charge in [-0.05, 0) is 18.1 Å². The zero-order chi connectivity index (χ0) is 9.97. The maximum Gasteiger partial charge on any atom is 0.164 e. The Hall–Kier alpha value is -0.820. The van der Waals surface area contributed by atoms with E-state index in [0.717, 1.165) is 0 Å². The third kappa shape index (κ3) is 1.98. The van der Waals surface area contributed by atoms with Crippen LogP contribution >= 0.6 is 11.6 Å². The molecule has 1 nitrogen and oxygen atoms in total. The average molecular weight is 209 g/mol. The Balaban J connectivity index is 2.06. The van der Waals surface area contributed by atoms with Gasteiger partial charge in [0.2, 0.25) is 0 Å². The minimum absolute atomic E-state index is 0.195. The van der Waals surface area contributed by atoms with Gasteiger partial charge >= 0.3 is 0 Å². The lowest BCUT2D eigenvalue weighted by atomic mass is 9.81. The highest BCUT2D eigenvalue weighted by Crippen LogP contribution is 2.31. The molecule has 0 heterocycles. The summed E-state index contributed by atoms with van der Waals surface area (Å²) in [6.45, 7) is 0. The molecule has 2 heteroatoms. The number of hydrogen-bond donors (Lipinski definition) is 0. The van der Waals surface area contributed by atoms with Gasteiger partial charge in [0, 0.05) is 12.0 Å². The van der Waals surface area contributed by atoms with Gasteiger partial charge in [0.15, 0.2) is 5.78 Å². The lowest BCUT2D eigenvalue weighted by molar-refractivity contribution is 0.0936. The zero-order valence-electron chi connectivity index (χ0n) is 8.00. The number of halogens is 1. The number of hydrogen-bond acceptors (Lipinski definition) is 1. The molecule has 0 atom stereocenters. The fourth-order valence-corrected chi connectivity index (χ4v) is 2.00. The first-order valence-corrected chi connectivity index (χ1v) is 5.43. The zero-order valence-corrected chi connectivity index (χ0v) is 8.76. The summed E-state index contributed by atoms with van der Waals surface area (Å²) in [4.78, 5) is 11.8. The second kappa shape index (κ2) is 4.14. The molecule has 1 aromatic carbocycles. The quantitative estimate of drug-likeness (QED) is 0.692. The number of benzene rings is 1. The smallest absolute Gasteiger partial charge is 0.164 e. The molecule has 1 aliphatic carbocycles. The van der Waals surface area contributed by atoms with Crippen LogP contribution in [0.4, 0.5) is 0 Å². The lowest BCUT2D eigenvalue weighted by Gasteiger charge is -2.24. The van der Waals surface area contributed by atoms with Crippen LogP contribution in [-0.4, -0.2) is 5.78 Å². The van der Waals surface area contributed by atoms with Crippen LogP contribution in [0.1, 0.15) is 36.0 Å². The lowest BCUT2D eigenvalue weighted by Crippen LogP contribution is -2.16. The molecule has 0 spiro atoms. The van der Waals surface area contributed by atoms with E-state index in [1.165, 1.54) is 19.3 Å². The molecule has 0 aromatic heterocycles. The maximum absolute atomic E-state index is 11.8. The molecule has 2 rings (SSSR count). The maximum atomic E-state index is 11.8. The highest BCUT2D eigenvalue weighted by Gasteiger charge is 2.22. The molecule has 74 valence electrons. The van der Waals surface area contributed by atoms with Crippen LogP contribution in [-0.2, 0) is 0 Å². The second-order valence-electron chi connectivity index (χ2n) is 3.90. The third-order valence-corrected chi connectivity index (χ3v) is 3.20. The van der Waals surface area contributed by atoms with Gasteiger partial charge in [-0.15, -0.1) is 0 Å². The predicted octanol–water partition coefficient (Wildman–Crippen LogP) is 3.71. The summed E-state index contributed by atoms with van der Waals surface area (Å²) < 4.78 is 0. The third-order valence-electron chi connectivity index (χ3n) is 2.87. The van der Waals surface area contributed by atoms with E-state index in [0.29, 0.717) is 22.9 Å². The molecule has 0 N–H and O–H groups in total. The van der Waals surface area contributed by atoms with Crippen molar-refractivity contribution in [3.8, 4) is 0 Å². The second-order valence-corrected chi connectivity index (χ2v) is 4.31. The topological polar surface area (TPSA) is 17.1 Å². The molecule has 1 saturated carbocycles. The van der Waals surface area contributed by atoms with Gasteiger partial charge in [0.1, 0.15) is 0 Å².